The molecule has 1 unspecified atom stereocenters. The van der Waals surface area contributed by atoms with Crippen molar-refractivity contribution in [3.05, 3.63) is 108 Å². The van der Waals surface area contributed by atoms with E-state index in [9.17, 15) is 0 Å². The van der Waals surface area contributed by atoms with E-state index in [2.05, 4.69) is 97.9 Å². The maximum absolute atomic E-state index is 2.32. The highest BCUT2D eigenvalue weighted by Crippen LogP contribution is 2.52. The van der Waals surface area contributed by atoms with Gasteiger partial charge in [0.25, 0.3) is 0 Å². The van der Waals surface area contributed by atoms with Crippen molar-refractivity contribution in [1.29, 1.82) is 0 Å². The second-order valence-electron chi connectivity index (χ2n) is 7.90. The number of hydrogen-bond donors (Lipinski definition) is 0. The highest BCUT2D eigenvalue weighted by Gasteiger charge is 2.35. The zero-order valence-corrected chi connectivity index (χ0v) is 20.9. The summed E-state index contributed by atoms with van der Waals surface area (Å²) in [6.45, 7) is 2.29. The lowest BCUT2D eigenvalue weighted by Gasteiger charge is -2.36. The van der Waals surface area contributed by atoms with E-state index in [0.717, 1.165) is 8.58 Å². The Balaban J connectivity index is 0.00000320. The van der Waals surface area contributed by atoms with Gasteiger partial charge in [-0.25, -0.2) is 0 Å². The van der Waals surface area contributed by atoms with Crippen LogP contribution in [0.2, 0.25) is 0 Å². The zero-order chi connectivity index (χ0) is 20.2. The Hall–Kier alpha value is -1.43. The molecule has 0 N–H and O–H groups in total. The van der Waals surface area contributed by atoms with E-state index < -0.39 is 0 Å². The molecule has 0 bridgehead atoms. The van der Waals surface area contributed by atoms with Crippen LogP contribution in [0.1, 0.15) is 68.6 Å². The molecule has 0 aliphatic rings. The Morgan fingerprint density at radius 3 is 1.30 bits per heavy atom. The number of rotatable bonds is 12. The van der Waals surface area contributed by atoms with Gasteiger partial charge in [-0.15, -0.1) is 25.6 Å². The van der Waals surface area contributed by atoms with Gasteiger partial charge < -0.3 is 0 Å². The normalized spacial score (nSPS) is 11.5. The topological polar surface area (TPSA) is 0 Å². The second-order valence-corrected chi connectivity index (χ2v) is 9.50. The van der Waals surface area contributed by atoms with Crippen LogP contribution in [0.4, 0.5) is 0 Å². The standard InChI is InChI=1S/C28H35P.BrH/c1-2-3-4-5-6-7-17-24-29-28(25-18-11-8-12-19-25,26-20-13-9-14-21-26)27-22-15-10-16-23-27;/h8-16,18-23,29H,2-7,17,24H2,1H3;1H. The quantitative estimate of drug-likeness (QED) is 0.137. The summed E-state index contributed by atoms with van der Waals surface area (Å²) in [7, 11) is 0.838. The van der Waals surface area contributed by atoms with Gasteiger partial charge in [0, 0.05) is 0 Å². The van der Waals surface area contributed by atoms with Crippen molar-refractivity contribution >= 4 is 25.6 Å². The average Bonchev–Trinajstić information content (AvgIpc) is 2.80. The zero-order valence-electron chi connectivity index (χ0n) is 18.2. The van der Waals surface area contributed by atoms with E-state index in [4.69, 9.17) is 0 Å². The summed E-state index contributed by atoms with van der Waals surface area (Å²) in [6.07, 6.45) is 10.9. The van der Waals surface area contributed by atoms with Crippen LogP contribution >= 0.6 is 25.6 Å². The molecule has 0 spiro atoms. The van der Waals surface area contributed by atoms with E-state index in [-0.39, 0.29) is 22.1 Å². The van der Waals surface area contributed by atoms with Crippen molar-refractivity contribution in [3.63, 3.8) is 0 Å². The van der Waals surface area contributed by atoms with Gasteiger partial charge in [-0.05, 0) is 29.3 Å². The summed E-state index contributed by atoms with van der Waals surface area (Å²) >= 11 is 0. The summed E-state index contributed by atoms with van der Waals surface area (Å²) < 4.78 is 0. The van der Waals surface area contributed by atoms with E-state index >= 15 is 0 Å². The summed E-state index contributed by atoms with van der Waals surface area (Å²) in [5, 5.41) is -0.0496. The molecule has 0 fully saturated rings. The highest BCUT2D eigenvalue weighted by molar-refractivity contribution is 8.93. The molecule has 1 atom stereocenters. The fourth-order valence-corrected chi connectivity index (χ4v) is 6.14. The summed E-state index contributed by atoms with van der Waals surface area (Å²) in [5.74, 6) is 0. The molecule has 30 heavy (non-hydrogen) atoms. The van der Waals surface area contributed by atoms with E-state index in [1.165, 1.54) is 67.8 Å². The van der Waals surface area contributed by atoms with Crippen LogP contribution in [0.3, 0.4) is 0 Å². The van der Waals surface area contributed by atoms with Crippen LogP contribution in [0.25, 0.3) is 0 Å². The fraction of sp³-hybridized carbons (Fsp3) is 0.357. The van der Waals surface area contributed by atoms with Crippen molar-refractivity contribution in [2.24, 2.45) is 0 Å². The molecule has 3 aromatic rings. The SMILES string of the molecule is Br.CCCCCCCCCPC(c1ccccc1)(c1ccccc1)c1ccccc1. The van der Waals surface area contributed by atoms with Gasteiger partial charge in [-0.3, -0.25) is 0 Å². The Labute approximate surface area is 196 Å². The Kier molecular flexibility index (Phi) is 11.4. The molecule has 160 valence electrons. The molecule has 0 aliphatic carbocycles. The minimum atomic E-state index is -0.0496. The largest absolute Gasteiger partial charge is 0.114 e. The van der Waals surface area contributed by atoms with Gasteiger partial charge in [0.05, 0.1) is 5.16 Å². The monoisotopic (exact) mass is 482 g/mol. The molecular formula is C28H36BrP. The molecule has 3 aromatic carbocycles. The lowest BCUT2D eigenvalue weighted by atomic mass is 9.84. The van der Waals surface area contributed by atoms with Gasteiger partial charge in [0.15, 0.2) is 0 Å². The number of halogens is 1. The summed E-state index contributed by atoms with van der Waals surface area (Å²) in [4.78, 5) is 0. The molecular weight excluding hydrogens is 447 g/mol. The second kappa shape index (κ2) is 13.8. The lowest BCUT2D eigenvalue weighted by Crippen LogP contribution is -2.24. The smallest absolute Gasteiger partial charge is 0.0619 e. The van der Waals surface area contributed by atoms with Crippen LogP contribution in [0, 0.1) is 0 Å². The molecule has 0 heterocycles. The van der Waals surface area contributed by atoms with Crippen molar-refractivity contribution in [1.82, 2.24) is 0 Å². The summed E-state index contributed by atoms with van der Waals surface area (Å²) in [5.41, 5.74) is 4.25. The van der Waals surface area contributed by atoms with Gasteiger partial charge in [0.2, 0.25) is 0 Å². The Morgan fingerprint density at radius 1 is 0.533 bits per heavy atom. The third-order valence-corrected chi connectivity index (χ3v) is 7.79. The first kappa shape index (κ1) is 24.8. The number of hydrogen-bond acceptors (Lipinski definition) is 0. The predicted octanol–water partition coefficient (Wildman–Crippen LogP) is 8.99. The minimum Gasteiger partial charge on any atom is -0.114 e. The van der Waals surface area contributed by atoms with E-state index in [1.807, 2.05) is 0 Å². The molecule has 0 aromatic heterocycles. The maximum Gasteiger partial charge on any atom is 0.0619 e. The highest BCUT2D eigenvalue weighted by atomic mass is 79.9. The fourth-order valence-electron chi connectivity index (χ4n) is 4.23. The van der Waals surface area contributed by atoms with Gasteiger partial charge >= 0.3 is 0 Å². The van der Waals surface area contributed by atoms with E-state index in [1.54, 1.807) is 0 Å². The van der Waals surface area contributed by atoms with Crippen LogP contribution in [-0.4, -0.2) is 6.16 Å². The molecule has 3 rings (SSSR count). The van der Waals surface area contributed by atoms with Gasteiger partial charge in [-0.1, -0.05) is 136 Å². The van der Waals surface area contributed by atoms with Crippen LogP contribution in [0.5, 0.6) is 0 Å². The Morgan fingerprint density at radius 2 is 0.900 bits per heavy atom. The van der Waals surface area contributed by atoms with Crippen molar-refractivity contribution in [2.75, 3.05) is 6.16 Å². The van der Waals surface area contributed by atoms with Gasteiger partial charge in [-0.2, -0.15) is 0 Å². The molecule has 0 saturated heterocycles. The predicted molar refractivity (Wildman–Crippen MR) is 141 cm³/mol. The van der Waals surface area contributed by atoms with Crippen LogP contribution in [-0.2, 0) is 5.16 Å². The van der Waals surface area contributed by atoms with Crippen molar-refractivity contribution < 1.29 is 0 Å². The van der Waals surface area contributed by atoms with E-state index in [0.29, 0.717) is 0 Å². The van der Waals surface area contributed by atoms with Crippen molar-refractivity contribution in [2.45, 2.75) is 57.0 Å². The molecule has 2 heteroatoms. The molecule has 0 aliphatic heterocycles. The average molecular weight is 483 g/mol. The molecule has 0 amide bonds. The first-order valence-electron chi connectivity index (χ1n) is 11.3. The van der Waals surface area contributed by atoms with Gasteiger partial charge in [0.1, 0.15) is 0 Å². The first-order chi connectivity index (χ1) is 14.4. The number of unbranched alkanes of at least 4 members (excludes halogenated alkanes) is 6. The maximum atomic E-state index is 2.32. The van der Waals surface area contributed by atoms with Crippen LogP contribution < -0.4 is 0 Å². The Bertz CT molecular complexity index is 705. The molecule has 0 radical (unpaired) electrons. The van der Waals surface area contributed by atoms with Crippen molar-refractivity contribution in [3.8, 4) is 0 Å². The minimum absolute atomic E-state index is 0. The summed E-state index contributed by atoms with van der Waals surface area (Å²) in [6, 6.07) is 33.4. The lowest BCUT2D eigenvalue weighted by molar-refractivity contribution is 0.603. The third kappa shape index (κ3) is 6.53. The molecule has 0 nitrogen and oxygen atoms in total. The molecule has 0 saturated carbocycles. The van der Waals surface area contributed by atoms with Crippen LogP contribution in [0.15, 0.2) is 91.0 Å². The third-order valence-electron chi connectivity index (χ3n) is 5.79. The number of benzene rings is 3. The first-order valence-corrected chi connectivity index (χ1v) is 12.5.